The molecule has 1 atom stereocenters. The van der Waals surface area contributed by atoms with Gasteiger partial charge < -0.3 is 5.32 Å². The van der Waals surface area contributed by atoms with Crippen LogP contribution in [0.4, 0.5) is 5.82 Å². The van der Waals surface area contributed by atoms with Gasteiger partial charge in [-0.05, 0) is 50.3 Å². The molecule has 16 heavy (non-hydrogen) atoms. The molecule has 0 aromatic carbocycles. The lowest BCUT2D eigenvalue weighted by atomic mass is 10.2. The first-order valence-corrected chi connectivity index (χ1v) is 5.81. The molecule has 0 bridgehead atoms. The summed E-state index contributed by atoms with van der Waals surface area (Å²) in [5.74, 6) is 1.88. The number of nitrogens with zero attached hydrogens (tertiary/aromatic N) is 3. The van der Waals surface area contributed by atoms with Crippen LogP contribution in [0, 0.1) is 12.8 Å². The van der Waals surface area contributed by atoms with E-state index in [0.717, 1.165) is 17.4 Å². The van der Waals surface area contributed by atoms with Gasteiger partial charge in [0.05, 0.1) is 0 Å². The molecule has 1 saturated carbocycles. The Balaban J connectivity index is 1.97. The Bertz CT molecular complexity index is 513. The van der Waals surface area contributed by atoms with Crippen molar-refractivity contribution in [1.82, 2.24) is 14.6 Å². The first-order chi connectivity index (χ1) is 7.74. The zero-order chi connectivity index (χ0) is 11.1. The molecule has 0 saturated heterocycles. The monoisotopic (exact) mass is 216 g/mol. The standard InChI is InChI=1S/C12H16N4/c1-8-5-11-13-7-14-16(11)12(6-8)15-9(2)10-3-4-10/h5-7,9-10,15H,3-4H2,1-2H3. The molecule has 1 aliphatic rings. The summed E-state index contributed by atoms with van der Waals surface area (Å²) in [4.78, 5) is 4.22. The fourth-order valence-electron chi connectivity index (χ4n) is 2.11. The van der Waals surface area contributed by atoms with Crippen LogP contribution >= 0.6 is 0 Å². The van der Waals surface area contributed by atoms with Crippen molar-refractivity contribution >= 4 is 11.5 Å². The molecule has 1 aliphatic carbocycles. The van der Waals surface area contributed by atoms with Crippen LogP contribution in [0.2, 0.25) is 0 Å². The fraction of sp³-hybridized carbons (Fsp3) is 0.500. The van der Waals surface area contributed by atoms with E-state index >= 15 is 0 Å². The van der Waals surface area contributed by atoms with Crippen LogP contribution in [0.1, 0.15) is 25.3 Å². The van der Waals surface area contributed by atoms with Crippen LogP contribution in [0.15, 0.2) is 18.5 Å². The van der Waals surface area contributed by atoms with E-state index < -0.39 is 0 Å². The summed E-state index contributed by atoms with van der Waals surface area (Å²) in [5.41, 5.74) is 2.12. The van der Waals surface area contributed by atoms with Gasteiger partial charge in [-0.1, -0.05) is 0 Å². The first-order valence-electron chi connectivity index (χ1n) is 5.81. The summed E-state index contributed by atoms with van der Waals surface area (Å²) in [6, 6.07) is 4.69. The summed E-state index contributed by atoms with van der Waals surface area (Å²) in [6.07, 6.45) is 4.29. The molecule has 0 amide bonds. The summed E-state index contributed by atoms with van der Waals surface area (Å²) >= 11 is 0. The van der Waals surface area contributed by atoms with E-state index in [1.54, 1.807) is 6.33 Å². The van der Waals surface area contributed by atoms with Crippen LogP contribution < -0.4 is 5.32 Å². The SMILES string of the molecule is Cc1cc(NC(C)C2CC2)n2ncnc2c1. The molecule has 84 valence electrons. The maximum absolute atomic E-state index is 4.24. The molecule has 1 unspecified atom stereocenters. The van der Waals surface area contributed by atoms with E-state index in [-0.39, 0.29) is 0 Å². The minimum Gasteiger partial charge on any atom is -0.367 e. The maximum Gasteiger partial charge on any atom is 0.157 e. The first kappa shape index (κ1) is 9.63. The topological polar surface area (TPSA) is 42.2 Å². The van der Waals surface area contributed by atoms with E-state index in [0.29, 0.717) is 6.04 Å². The van der Waals surface area contributed by atoms with Gasteiger partial charge in [0.2, 0.25) is 0 Å². The predicted octanol–water partition coefficient (Wildman–Crippen LogP) is 2.25. The van der Waals surface area contributed by atoms with Crippen molar-refractivity contribution in [3.05, 3.63) is 24.0 Å². The highest BCUT2D eigenvalue weighted by molar-refractivity contribution is 5.51. The lowest BCUT2D eigenvalue weighted by molar-refractivity contribution is 0.685. The average Bonchev–Trinajstić information content (AvgIpc) is 2.98. The van der Waals surface area contributed by atoms with Gasteiger partial charge in [0, 0.05) is 6.04 Å². The van der Waals surface area contributed by atoms with Gasteiger partial charge in [-0.3, -0.25) is 0 Å². The number of fused-ring (bicyclic) bond motifs is 1. The molecule has 2 aromatic rings. The molecular formula is C12H16N4. The number of pyridine rings is 1. The second-order valence-corrected chi connectivity index (χ2v) is 4.72. The Labute approximate surface area is 94.7 Å². The van der Waals surface area contributed by atoms with E-state index in [1.165, 1.54) is 18.4 Å². The highest BCUT2D eigenvalue weighted by Crippen LogP contribution is 2.34. The smallest absolute Gasteiger partial charge is 0.157 e. The average molecular weight is 216 g/mol. The normalized spacial score (nSPS) is 17.6. The highest BCUT2D eigenvalue weighted by Gasteiger charge is 2.28. The minimum absolute atomic E-state index is 0.522. The molecule has 3 rings (SSSR count). The number of anilines is 1. The van der Waals surface area contributed by atoms with Crippen molar-refractivity contribution in [1.29, 1.82) is 0 Å². The lowest BCUT2D eigenvalue weighted by Crippen LogP contribution is -2.19. The number of hydrogen-bond acceptors (Lipinski definition) is 3. The number of rotatable bonds is 3. The quantitative estimate of drug-likeness (QED) is 0.855. The lowest BCUT2D eigenvalue weighted by Gasteiger charge is -2.15. The van der Waals surface area contributed by atoms with E-state index in [1.807, 2.05) is 10.6 Å². The van der Waals surface area contributed by atoms with Crippen LogP contribution in [-0.4, -0.2) is 20.6 Å². The van der Waals surface area contributed by atoms with Gasteiger partial charge in [0.15, 0.2) is 5.65 Å². The maximum atomic E-state index is 4.24. The minimum atomic E-state index is 0.522. The third-order valence-electron chi connectivity index (χ3n) is 3.23. The van der Waals surface area contributed by atoms with Crippen molar-refractivity contribution in [2.45, 2.75) is 32.7 Å². The number of hydrogen-bond donors (Lipinski definition) is 1. The molecule has 0 radical (unpaired) electrons. The van der Waals surface area contributed by atoms with Gasteiger partial charge in [0.1, 0.15) is 12.1 Å². The van der Waals surface area contributed by atoms with Gasteiger partial charge >= 0.3 is 0 Å². The van der Waals surface area contributed by atoms with Gasteiger partial charge in [-0.25, -0.2) is 4.98 Å². The van der Waals surface area contributed by atoms with Crippen molar-refractivity contribution in [2.75, 3.05) is 5.32 Å². The third-order valence-corrected chi connectivity index (χ3v) is 3.23. The Morgan fingerprint density at radius 2 is 2.25 bits per heavy atom. The molecule has 1 fully saturated rings. The summed E-state index contributed by atoms with van der Waals surface area (Å²) in [6.45, 7) is 4.32. The molecule has 4 heteroatoms. The van der Waals surface area contributed by atoms with Crippen LogP contribution in [0.3, 0.4) is 0 Å². The largest absolute Gasteiger partial charge is 0.367 e. The molecule has 0 spiro atoms. The molecule has 2 aromatic heterocycles. The van der Waals surface area contributed by atoms with E-state index in [4.69, 9.17) is 0 Å². The Morgan fingerprint density at radius 1 is 1.44 bits per heavy atom. The van der Waals surface area contributed by atoms with Gasteiger partial charge in [0.25, 0.3) is 0 Å². The van der Waals surface area contributed by atoms with Crippen molar-refractivity contribution in [3.63, 3.8) is 0 Å². The second kappa shape index (κ2) is 3.47. The molecule has 2 heterocycles. The van der Waals surface area contributed by atoms with Crippen molar-refractivity contribution in [3.8, 4) is 0 Å². The van der Waals surface area contributed by atoms with Crippen LogP contribution in [0.5, 0.6) is 0 Å². The third kappa shape index (κ3) is 1.64. The van der Waals surface area contributed by atoms with Crippen molar-refractivity contribution < 1.29 is 0 Å². The molecule has 4 nitrogen and oxygen atoms in total. The number of aryl methyl sites for hydroxylation is 1. The zero-order valence-corrected chi connectivity index (χ0v) is 9.64. The van der Waals surface area contributed by atoms with Gasteiger partial charge in [-0.15, -0.1) is 0 Å². The van der Waals surface area contributed by atoms with Crippen molar-refractivity contribution in [2.24, 2.45) is 5.92 Å². The van der Waals surface area contributed by atoms with E-state index in [2.05, 4.69) is 35.3 Å². The Kier molecular flexibility index (Phi) is 2.09. The Hall–Kier alpha value is -1.58. The summed E-state index contributed by atoms with van der Waals surface area (Å²) < 4.78 is 1.87. The van der Waals surface area contributed by atoms with E-state index in [9.17, 15) is 0 Å². The highest BCUT2D eigenvalue weighted by atomic mass is 15.3. The van der Waals surface area contributed by atoms with Crippen LogP contribution in [-0.2, 0) is 0 Å². The summed E-state index contributed by atoms with van der Waals surface area (Å²) in [7, 11) is 0. The zero-order valence-electron chi connectivity index (χ0n) is 9.64. The molecular weight excluding hydrogens is 200 g/mol. The second-order valence-electron chi connectivity index (χ2n) is 4.72. The number of nitrogens with one attached hydrogen (secondary N) is 1. The fourth-order valence-corrected chi connectivity index (χ4v) is 2.11. The van der Waals surface area contributed by atoms with Crippen LogP contribution in [0.25, 0.3) is 5.65 Å². The molecule has 0 aliphatic heterocycles. The Morgan fingerprint density at radius 3 is 3.00 bits per heavy atom. The summed E-state index contributed by atoms with van der Waals surface area (Å²) in [5, 5.41) is 7.77. The molecule has 1 N–H and O–H groups in total. The number of aromatic nitrogens is 3. The predicted molar refractivity (Wildman–Crippen MR) is 63.5 cm³/mol. The van der Waals surface area contributed by atoms with Gasteiger partial charge in [-0.2, -0.15) is 9.61 Å².